The van der Waals surface area contributed by atoms with E-state index in [1.165, 1.54) is 19.2 Å². The molecule has 0 fully saturated rings. The van der Waals surface area contributed by atoms with Gasteiger partial charge in [0.25, 0.3) is 0 Å². The molecule has 1 aliphatic carbocycles. The molecule has 0 bridgehead atoms. The molecule has 1 heterocycles. The molecule has 3 rings (SSSR count). The SMILES string of the molecule is COC(=O)C1(S(=O)(=O)c2ccccc2)Cc2c(C)sc(C)c2C1. The Bertz CT molecular complexity index is 837. The molecule has 0 aliphatic heterocycles. The highest BCUT2D eigenvalue weighted by Gasteiger charge is 2.57. The van der Waals surface area contributed by atoms with Gasteiger partial charge >= 0.3 is 5.97 Å². The van der Waals surface area contributed by atoms with Crippen molar-refractivity contribution in [2.75, 3.05) is 7.11 Å². The first-order valence-corrected chi connectivity index (χ1v) is 9.59. The molecular formula is C17H18O4S2. The normalized spacial score (nSPS) is 16.1. The van der Waals surface area contributed by atoms with Gasteiger partial charge in [0.1, 0.15) is 0 Å². The third-order valence-corrected chi connectivity index (χ3v) is 8.05. The molecular weight excluding hydrogens is 332 g/mol. The van der Waals surface area contributed by atoms with E-state index in [1.807, 2.05) is 13.8 Å². The molecule has 6 heteroatoms. The van der Waals surface area contributed by atoms with Gasteiger partial charge in [-0.05, 0) is 37.1 Å². The van der Waals surface area contributed by atoms with Gasteiger partial charge in [0.2, 0.25) is 0 Å². The molecule has 23 heavy (non-hydrogen) atoms. The maximum absolute atomic E-state index is 13.2. The molecule has 4 nitrogen and oxygen atoms in total. The van der Waals surface area contributed by atoms with E-state index in [0.717, 1.165) is 20.9 Å². The molecule has 0 unspecified atom stereocenters. The van der Waals surface area contributed by atoms with Crippen LogP contribution in [0.1, 0.15) is 20.9 Å². The fourth-order valence-corrected chi connectivity index (χ4v) is 6.36. The number of sulfone groups is 1. The minimum absolute atomic E-state index is 0.162. The van der Waals surface area contributed by atoms with Gasteiger partial charge in [-0.2, -0.15) is 0 Å². The van der Waals surface area contributed by atoms with Crippen LogP contribution < -0.4 is 0 Å². The van der Waals surface area contributed by atoms with Crippen LogP contribution in [-0.2, 0) is 32.2 Å². The fourth-order valence-electron chi connectivity index (χ4n) is 3.33. The number of hydrogen-bond donors (Lipinski definition) is 0. The first-order chi connectivity index (χ1) is 10.8. The van der Waals surface area contributed by atoms with Crippen LogP contribution in [0.3, 0.4) is 0 Å². The summed E-state index contributed by atoms with van der Waals surface area (Å²) in [4.78, 5) is 14.9. The quantitative estimate of drug-likeness (QED) is 0.799. The Morgan fingerprint density at radius 2 is 1.61 bits per heavy atom. The topological polar surface area (TPSA) is 60.4 Å². The lowest BCUT2D eigenvalue weighted by atomic mass is 10.1. The number of carbonyl (C=O) groups excluding carboxylic acids is 1. The van der Waals surface area contributed by atoms with Gasteiger partial charge in [0.15, 0.2) is 14.6 Å². The number of thiophene rings is 1. The van der Waals surface area contributed by atoms with Gasteiger partial charge in [-0.1, -0.05) is 18.2 Å². The monoisotopic (exact) mass is 350 g/mol. The zero-order valence-corrected chi connectivity index (χ0v) is 14.9. The van der Waals surface area contributed by atoms with Crippen molar-refractivity contribution < 1.29 is 17.9 Å². The van der Waals surface area contributed by atoms with E-state index in [1.54, 1.807) is 29.5 Å². The molecule has 0 saturated carbocycles. The van der Waals surface area contributed by atoms with Gasteiger partial charge in [0.05, 0.1) is 12.0 Å². The van der Waals surface area contributed by atoms with Crippen molar-refractivity contribution in [1.29, 1.82) is 0 Å². The summed E-state index contributed by atoms with van der Waals surface area (Å²) in [6, 6.07) is 8.15. The van der Waals surface area contributed by atoms with Crippen LogP contribution in [0.2, 0.25) is 0 Å². The second-order valence-electron chi connectivity index (χ2n) is 5.83. The largest absolute Gasteiger partial charge is 0.468 e. The average molecular weight is 350 g/mol. The van der Waals surface area contributed by atoms with Gasteiger partial charge in [0, 0.05) is 22.6 Å². The predicted octanol–water partition coefficient (Wildman–Crippen LogP) is 2.85. The molecule has 0 N–H and O–H groups in total. The first kappa shape index (κ1) is 16.2. The third-order valence-electron chi connectivity index (χ3n) is 4.57. The van der Waals surface area contributed by atoms with E-state index in [0.29, 0.717) is 0 Å². The second kappa shape index (κ2) is 5.46. The summed E-state index contributed by atoms with van der Waals surface area (Å²) in [6.07, 6.45) is 0.366. The summed E-state index contributed by atoms with van der Waals surface area (Å²) in [5.41, 5.74) is 1.97. The van der Waals surface area contributed by atoms with Crippen molar-refractivity contribution in [3.63, 3.8) is 0 Å². The molecule has 0 amide bonds. The lowest BCUT2D eigenvalue weighted by Gasteiger charge is -2.26. The Kier molecular flexibility index (Phi) is 3.84. The first-order valence-electron chi connectivity index (χ1n) is 7.29. The Morgan fingerprint density at radius 3 is 2.09 bits per heavy atom. The van der Waals surface area contributed by atoms with Gasteiger partial charge in [-0.25, -0.2) is 8.42 Å². The lowest BCUT2D eigenvalue weighted by Crippen LogP contribution is -2.48. The van der Waals surface area contributed by atoms with Gasteiger partial charge < -0.3 is 4.74 Å². The maximum atomic E-state index is 13.2. The molecule has 1 aromatic heterocycles. The number of ether oxygens (including phenoxy) is 1. The Labute approximate surface area is 140 Å². The third kappa shape index (κ3) is 2.23. The van der Waals surface area contributed by atoms with E-state index in [4.69, 9.17) is 4.74 Å². The number of fused-ring (bicyclic) bond motifs is 1. The number of methoxy groups -OCH3 is 1. The minimum atomic E-state index is -3.85. The highest BCUT2D eigenvalue weighted by atomic mass is 32.2. The summed E-state index contributed by atoms with van der Waals surface area (Å²) in [6.45, 7) is 3.94. The second-order valence-corrected chi connectivity index (χ2v) is 9.52. The molecule has 0 atom stereocenters. The summed E-state index contributed by atoms with van der Waals surface area (Å²) >= 11 is 1.65. The highest BCUT2D eigenvalue weighted by molar-refractivity contribution is 7.93. The zero-order valence-electron chi connectivity index (χ0n) is 13.3. The summed E-state index contributed by atoms with van der Waals surface area (Å²) in [5, 5.41) is 0. The van der Waals surface area contributed by atoms with Crippen molar-refractivity contribution in [3.8, 4) is 0 Å². The fraction of sp³-hybridized carbons (Fsp3) is 0.353. The van der Waals surface area contributed by atoms with Crippen LogP contribution >= 0.6 is 11.3 Å². The van der Waals surface area contributed by atoms with Crippen molar-refractivity contribution in [2.45, 2.75) is 36.3 Å². The number of aryl methyl sites for hydroxylation is 2. The number of carbonyl (C=O) groups is 1. The molecule has 0 saturated heterocycles. The van der Waals surface area contributed by atoms with Gasteiger partial charge in [-0.15, -0.1) is 11.3 Å². The van der Waals surface area contributed by atoms with Crippen molar-refractivity contribution >= 4 is 27.1 Å². The smallest absolute Gasteiger partial charge is 0.328 e. The predicted molar refractivity (Wildman–Crippen MR) is 89.6 cm³/mol. The van der Waals surface area contributed by atoms with E-state index in [9.17, 15) is 13.2 Å². The lowest BCUT2D eigenvalue weighted by molar-refractivity contribution is -0.143. The highest BCUT2D eigenvalue weighted by Crippen LogP contribution is 2.45. The zero-order chi connectivity index (χ0) is 16.8. The van der Waals surface area contributed by atoms with Crippen LogP contribution in [0.15, 0.2) is 35.2 Å². The summed E-state index contributed by atoms with van der Waals surface area (Å²) < 4.78 is 29.8. The average Bonchev–Trinajstić information content (AvgIpc) is 3.07. The van der Waals surface area contributed by atoms with Crippen LogP contribution in [0.25, 0.3) is 0 Å². The van der Waals surface area contributed by atoms with E-state index < -0.39 is 20.6 Å². The van der Waals surface area contributed by atoms with Crippen molar-refractivity contribution in [2.24, 2.45) is 0 Å². The standard InChI is InChI=1S/C17H18O4S2/c1-11-14-9-17(16(18)21-3,10-15(14)12(2)22-11)23(19,20)13-7-5-4-6-8-13/h4-8H,9-10H2,1-3H3. The van der Waals surface area contributed by atoms with Crippen LogP contribution in [0, 0.1) is 13.8 Å². The number of esters is 1. The Hall–Kier alpha value is -1.66. The number of hydrogen-bond acceptors (Lipinski definition) is 5. The molecule has 0 spiro atoms. The molecule has 122 valence electrons. The molecule has 0 radical (unpaired) electrons. The Morgan fingerprint density at radius 1 is 1.09 bits per heavy atom. The molecule has 2 aromatic rings. The van der Waals surface area contributed by atoms with Crippen LogP contribution in [0.5, 0.6) is 0 Å². The van der Waals surface area contributed by atoms with E-state index in [-0.39, 0.29) is 17.7 Å². The van der Waals surface area contributed by atoms with E-state index in [2.05, 4.69) is 0 Å². The Balaban J connectivity index is 2.19. The molecule has 1 aromatic carbocycles. The summed E-state index contributed by atoms with van der Waals surface area (Å²) in [5.74, 6) is -0.679. The van der Waals surface area contributed by atoms with Crippen molar-refractivity contribution in [1.82, 2.24) is 0 Å². The van der Waals surface area contributed by atoms with Crippen LogP contribution in [-0.4, -0.2) is 26.2 Å². The maximum Gasteiger partial charge on any atom is 0.328 e. The number of benzene rings is 1. The summed E-state index contributed by atoms with van der Waals surface area (Å²) in [7, 11) is -2.61. The van der Waals surface area contributed by atoms with Gasteiger partial charge in [-0.3, -0.25) is 4.79 Å². The van der Waals surface area contributed by atoms with E-state index >= 15 is 0 Å². The minimum Gasteiger partial charge on any atom is -0.468 e. The number of rotatable bonds is 3. The van der Waals surface area contributed by atoms with Crippen LogP contribution in [0.4, 0.5) is 0 Å². The molecule has 1 aliphatic rings. The van der Waals surface area contributed by atoms with Crippen molar-refractivity contribution in [3.05, 3.63) is 51.2 Å².